The van der Waals surface area contributed by atoms with Crippen LogP contribution in [-0.4, -0.2) is 11.0 Å². The van der Waals surface area contributed by atoms with E-state index in [1.54, 1.807) is 30.3 Å². The quantitative estimate of drug-likeness (QED) is 0.814. The lowest BCUT2D eigenvalue weighted by Crippen LogP contribution is -2.11. The lowest BCUT2D eigenvalue weighted by Gasteiger charge is -2.07. The van der Waals surface area contributed by atoms with E-state index in [4.69, 9.17) is 23.2 Å². The van der Waals surface area contributed by atoms with E-state index in [1.807, 2.05) is 0 Å². The zero-order chi connectivity index (χ0) is 14.0. The average Bonchev–Trinajstić information content (AvgIpc) is 2.31. The van der Waals surface area contributed by atoms with Crippen molar-refractivity contribution in [1.29, 1.82) is 0 Å². The fourth-order valence-electron chi connectivity index (χ4n) is 1.48. The molecule has 98 valence electrons. The van der Waals surface area contributed by atoms with Gasteiger partial charge in [0.25, 0.3) is 5.91 Å². The molecule has 0 aromatic heterocycles. The van der Waals surface area contributed by atoms with E-state index in [1.165, 1.54) is 6.07 Å². The van der Waals surface area contributed by atoms with Gasteiger partial charge in [-0.1, -0.05) is 23.2 Å². The molecule has 0 saturated heterocycles. The Kier molecular flexibility index (Phi) is 4.34. The fourth-order valence-corrected chi connectivity index (χ4v) is 2.26. The summed E-state index contributed by atoms with van der Waals surface area (Å²) in [5.74, 6) is -0.363. The van der Waals surface area contributed by atoms with Crippen LogP contribution in [0.1, 0.15) is 10.4 Å². The van der Waals surface area contributed by atoms with Crippen molar-refractivity contribution >= 4 is 50.7 Å². The van der Waals surface area contributed by atoms with Gasteiger partial charge in [0.05, 0.1) is 4.47 Å². The van der Waals surface area contributed by atoms with E-state index in [0.717, 1.165) is 0 Å². The summed E-state index contributed by atoms with van der Waals surface area (Å²) in [4.78, 5) is 12.0. The fraction of sp³-hybridized carbons (Fsp3) is 0. The van der Waals surface area contributed by atoms with Crippen LogP contribution in [0.5, 0.6) is 5.75 Å². The van der Waals surface area contributed by atoms with E-state index in [-0.39, 0.29) is 11.7 Å². The Morgan fingerprint density at radius 1 is 1.11 bits per heavy atom. The van der Waals surface area contributed by atoms with Crippen molar-refractivity contribution in [3.8, 4) is 5.75 Å². The Bertz CT molecular complexity index is 626. The highest BCUT2D eigenvalue weighted by Gasteiger charge is 2.09. The number of carbonyl (C=O) groups excluding carboxylic acids is 1. The maximum atomic E-state index is 12.0. The number of hydrogen-bond donors (Lipinski definition) is 2. The summed E-state index contributed by atoms with van der Waals surface area (Å²) >= 11 is 14.8. The molecule has 0 atom stereocenters. The molecule has 0 saturated carbocycles. The summed E-state index contributed by atoms with van der Waals surface area (Å²) in [5.41, 5.74) is 0.821. The minimum Gasteiger partial charge on any atom is -0.507 e. The van der Waals surface area contributed by atoms with E-state index in [0.29, 0.717) is 25.8 Å². The lowest BCUT2D eigenvalue weighted by molar-refractivity contribution is 0.102. The SMILES string of the molecule is O=C(Nc1cc(Cl)cc(Cl)c1)c1ccc(Br)c(O)c1. The maximum absolute atomic E-state index is 12.0. The number of carbonyl (C=O) groups is 1. The van der Waals surface area contributed by atoms with Gasteiger partial charge in [-0.25, -0.2) is 0 Å². The molecule has 3 nitrogen and oxygen atoms in total. The lowest BCUT2D eigenvalue weighted by atomic mass is 10.2. The van der Waals surface area contributed by atoms with Gasteiger partial charge in [-0.3, -0.25) is 4.79 Å². The van der Waals surface area contributed by atoms with Crippen LogP contribution in [-0.2, 0) is 0 Å². The van der Waals surface area contributed by atoms with Crippen LogP contribution in [0.3, 0.4) is 0 Å². The van der Waals surface area contributed by atoms with E-state index in [2.05, 4.69) is 21.2 Å². The minimum atomic E-state index is -0.360. The molecule has 0 radical (unpaired) electrons. The average molecular weight is 361 g/mol. The van der Waals surface area contributed by atoms with Crippen LogP contribution >= 0.6 is 39.1 Å². The Morgan fingerprint density at radius 2 is 1.74 bits per heavy atom. The van der Waals surface area contributed by atoms with E-state index in [9.17, 15) is 9.90 Å². The molecule has 19 heavy (non-hydrogen) atoms. The van der Waals surface area contributed by atoms with Crippen molar-refractivity contribution in [2.24, 2.45) is 0 Å². The van der Waals surface area contributed by atoms with Gasteiger partial charge in [0.2, 0.25) is 0 Å². The molecule has 0 heterocycles. The van der Waals surface area contributed by atoms with Gasteiger partial charge in [-0.2, -0.15) is 0 Å². The molecule has 2 N–H and O–H groups in total. The van der Waals surface area contributed by atoms with E-state index < -0.39 is 0 Å². The second-order valence-corrected chi connectivity index (χ2v) is 5.51. The summed E-state index contributed by atoms with van der Waals surface area (Å²) < 4.78 is 0.523. The van der Waals surface area contributed by atoms with Crippen molar-refractivity contribution in [2.45, 2.75) is 0 Å². The predicted octanol–water partition coefficient (Wildman–Crippen LogP) is 4.71. The molecule has 2 rings (SSSR count). The first-order valence-electron chi connectivity index (χ1n) is 5.21. The second kappa shape index (κ2) is 5.82. The number of rotatable bonds is 2. The molecule has 0 aliphatic carbocycles. The molecule has 6 heteroatoms. The molecular weight excluding hydrogens is 353 g/mol. The van der Waals surface area contributed by atoms with Gasteiger partial charge in [0.1, 0.15) is 5.75 Å². The summed E-state index contributed by atoms with van der Waals surface area (Å²) in [7, 11) is 0. The standard InChI is InChI=1S/C13H8BrCl2NO2/c14-11-2-1-7(3-12(11)18)13(19)17-10-5-8(15)4-9(16)6-10/h1-6,18H,(H,17,19). The van der Waals surface area contributed by atoms with E-state index >= 15 is 0 Å². The van der Waals surface area contributed by atoms with Gasteiger partial charge in [-0.15, -0.1) is 0 Å². The number of nitrogens with one attached hydrogen (secondary N) is 1. The summed E-state index contributed by atoms with van der Waals surface area (Å²) in [6.45, 7) is 0. The smallest absolute Gasteiger partial charge is 0.255 e. The molecule has 2 aromatic rings. The molecular formula is C13H8BrCl2NO2. The number of amides is 1. The highest BCUT2D eigenvalue weighted by Crippen LogP contribution is 2.26. The van der Waals surface area contributed by atoms with Gasteiger partial charge < -0.3 is 10.4 Å². The third kappa shape index (κ3) is 3.62. The molecule has 0 fully saturated rings. The largest absolute Gasteiger partial charge is 0.507 e. The molecule has 0 spiro atoms. The first-order valence-corrected chi connectivity index (χ1v) is 6.76. The van der Waals surface area contributed by atoms with Crippen molar-refractivity contribution in [2.75, 3.05) is 5.32 Å². The Morgan fingerprint density at radius 3 is 2.32 bits per heavy atom. The van der Waals surface area contributed by atoms with Gasteiger partial charge >= 0.3 is 0 Å². The monoisotopic (exact) mass is 359 g/mol. The molecule has 0 aliphatic heterocycles. The van der Waals surface area contributed by atoms with Crippen molar-refractivity contribution in [1.82, 2.24) is 0 Å². The second-order valence-electron chi connectivity index (χ2n) is 3.78. The van der Waals surface area contributed by atoms with Gasteiger partial charge in [0.15, 0.2) is 0 Å². The summed E-state index contributed by atoms with van der Waals surface area (Å²) in [5, 5.41) is 13.1. The van der Waals surface area contributed by atoms with Crippen LogP contribution < -0.4 is 5.32 Å². The third-order valence-corrected chi connectivity index (χ3v) is 3.44. The summed E-state index contributed by atoms with van der Waals surface area (Å²) in [6, 6.07) is 9.30. The zero-order valence-corrected chi connectivity index (χ0v) is 12.6. The molecule has 0 aliphatic rings. The minimum absolute atomic E-state index is 0.00298. The first kappa shape index (κ1) is 14.2. The van der Waals surface area contributed by atoms with Gasteiger partial charge in [-0.05, 0) is 52.3 Å². The number of anilines is 1. The number of phenols is 1. The maximum Gasteiger partial charge on any atom is 0.255 e. The normalized spacial score (nSPS) is 10.3. The topological polar surface area (TPSA) is 49.3 Å². The number of phenolic OH excluding ortho intramolecular Hbond substituents is 1. The van der Waals surface area contributed by atoms with Gasteiger partial charge in [0, 0.05) is 21.3 Å². The van der Waals surface area contributed by atoms with Crippen molar-refractivity contribution in [3.63, 3.8) is 0 Å². The van der Waals surface area contributed by atoms with Crippen LogP contribution in [0.2, 0.25) is 10.0 Å². The third-order valence-electron chi connectivity index (χ3n) is 2.33. The Hall–Kier alpha value is -1.23. The van der Waals surface area contributed by atoms with Crippen molar-refractivity contribution < 1.29 is 9.90 Å². The van der Waals surface area contributed by atoms with Crippen LogP contribution in [0, 0.1) is 0 Å². The van der Waals surface area contributed by atoms with Crippen molar-refractivity contribution in [3.05, 3.63) is 56.5 Å². The highest BCUT2D eigenvalue weighted by molar-refractivity contribution is 9.10. The van der Waals surface area contributed by atoms with Crippen LogP contribution in [0.15, 0.2) is 40.9 Å². The number of hydrogen-bond acceptors (Lipinski definition) is 2. The number of aromatic hydroxyl groups is 1. The molecule has 1 amide bonds. The van der Waals surface area contributed by atoms with Crippen LogP contribution in [0.4, 0.5) is 5.69 Å². The Labute approximate surface area is 128 Å². The number of benzene rings is 2. The summed E-state index contributed by atoms with van der Waals surface area (Å²) in [6.07, 6.45) is 0. The Balaban J connectivity index is 2.22. The molecule has 0 bridgehead atoms. The molecule has 2 aromatic carbocycles. The zero-order valence-electron chi connectivity index (χ0n) is 9.45. The highest BCUT2D eigenvalue weighted by atomic mass is 79.9. The van der Waals surface area contributed by atoms with Crippen LogP contribution in [0.25, 0.3) is 0 Å². The predicted molar refractivity (Wildman–Crippen MR) is 80.2 cm³/mol. The molecule has 0 unspecified atom stereocenters. The number of halogens is 3. The first-order chi connectivity index (χ1) is 8.95.